The van der Waals surface area contributed by atoms with Crippen molar-refractivity contribution in [3.8, 4) is 34.4 Å². The number of carbonyl (C=O) groups excluding carboxylic acids is 2. The number of nitriles is 2. The van der Waals surface area contributed by atoms with Gasteiger partial charge in [0.05, 0.1) is 36.1 Å². The molecule has 0 aliphatic heterocycles. The van der Waals surface area contributed by atoms with Gasteiger partial charge in [0.2, 0.25) is 0 Å². The highest BCUT2D eigenvalue weighted by Crippen LogP contribution is 2.66. The molecule has 13 rings (SSSR count). The van der Waals surface area contributed by atoms with Crippen LogP contribution in [0.5, 0.6) is 0 Å². The lowest BCUT2D eigenvalue weighted by atomic mass is 9.66. The summed E-state index contributed by atoms with van der Waals surface area (Å²) >= 11 is 3.20. The molecule has 4 aliphatic rings. The number of Topliss-reactive ketones (excluding diaryl/α,β-unsaturated/α-hetero) is 2. The van der Waals surface area contributed by atoms with Crippen molar-refractivity contribution in [2.45, 2.75) is 323 Å². The van der Waals surface area contributed by atoms with Gasteiger partial charge in [0, 0.05) is 52.9 Å². The molecule has 0 saturated heterocycles. The molecule has 4 aliphatic carbocycles. The van der Waals surface area contributed by atoms with E-state index in [1.54, 1.807) is 34.8 Å². The molecule has 0 bridgehead atoms. The number of carbonyl (C=O) groups is 2. The summed E-state index contributed by atoms with van der Waals surface area (Å²) in [7, 11) is 0. The Hall–Kier alpha value is -10.1. The summed E-state index contributed by atoms with van der Waals surface area (Å²) in [5.74, 6) is -5.98. The van der Waals surface area contributed by atoms with Crippen molar-refractivity contribution in [1.82, 2.24) is 0 Å². The predicted octanol–water partition coefficient (Wildman–Crippen LogP) is 32.9. The van der Waals surface area contributed by atoms with E-state index < -0.39 is 57.1 Å². The second-order valence-electron chi connectivity index (χ2n) is 36.2. The zero-order chi connectivity index (χ0) is 89.0. The van der Waals surface area contributed by atoms with Crippen LogP contribution in [0, 0.1) is 59.1 Å². The van der Waals surface area contributed by atoms with E-state index in [1.807, 2.05) is 0 Å². The van der Waals surface area contributed by atoms with E-state index in [2.05, 4.69) is 174 Å². The Balaban J connectivity index is 1.24. The van der Waals surface area contributed by atoms with E-state index in [9.17, 15) is 10.5 Å². The Bertz CT molecular complexity index is 5160. The first-order chi connectivity index (χ1) is 61.4. The number of unbranched alkanes of at least 4 members (excludes halogenated alkanes) is 24. The van der Waals surface area contributed by atoms with Gasteiger partial charge < -0.3 is 0 Å². The van der Waals surface area contributed by atoms with Crippen LogP contribution in [0.3, 0.4) is 0 Å². The highest BCUT2D eigenvalue weighted by Gasteiger charge is 2.54. The number of hydrogen-bond acceptors (Lipinski definition) is 6. The first-order valence-electron chi connectivity index (χ1n) is 48.0. The molecule has 0 spiro atoms. The molecule has 0 atom stereocenters. The third-order valence-electron chi connectivity index (χ3n) is 26.9. The highest BCUT2D eigenvalue weighted by atomic mass is 32.1. The summed E-state index contributed by atoms with van der Waals surface area (Å²) in [6.07, 6.45) is 45.0. The number of fused-ring (bicyclic) bond motifs is 8. The molecule has 0 radical (unpaired) electrons. The summed E-state index contributed by atoms with van der Waals surface area (Å²) in [6, 6.07) is 47.3. The Morgan fingerprint density at radius 1 is 0.310 bits per heavy atom. The molecule has 7 aromatic carbocycles. The molecule has 0 unspecified atom stereocenters. The molecule has 654 valence electrons. The zero-order valence-electron chi connectivity index (χ0n) is 75.9. The van der Waals surface area contributed by atoms with Crippen LogP contribution in [-0.4, -0.2) is 11.6 Å². The van der Waals surface area contributed by atoms with E-state index in [-0.39, 0.29) is 44.5 Å². The lowest BCUT2D eigenvalue weighted by molar-refractivity contribution is 0.103. The number of ketones is 2. The van der Waals surface area contributed by atoms with Crippen LogP contribution in [0.2, 0.25) is 0 Å². The van der Waals surface area contributed by atoms with E-state index >= 15 is 27.2 Å². The second-order valence-corrected chi connectivity index (χ2v) is 38.3. The lowest BCUT2D eigenvalue weighted by Crippen LogP contribution is -2.30. The van der Waals surface area contributed by atoms with Crippen molar-refractivity contribution in [3.63, 3.8) is 0 Å². The summed E-state index contributed by atoms with van der Waals surface area (Å²) in [5.41, 5.74) is 17.6. The maximum absolute atomic E-state index is 15.8. The maximum Gasteiger partial charge on any atom is 0.270 e. The third-order valence-corrected chi connectivity index (χ3v) is 29.3. The van der Waals surface area contributed by atoms with Crippen LogP contribution in [0.1, 0.15) is 390 Å². The maximum atomic E-state index is 15.8. The van der Waals surface area contributed by atoms with Gasteiger partial charge in [-0.1, -0.05) is 282 Å². The molecule has 2 aromatic heterocycles. The molecule has 0 amide bonds. The quantitative estimate of drug-likeness (QED) is 0.0125. The van der Waals surface area contributed by atoms with Crippen molar-refractivity contribution in [1.29, 1.82) is 10.5 Å². The summed E-state index contributed by atoms with van der Waals surface area (Å²) in [6.45, 7) is 34.9. The van der Waals surface area contributed by atoms with Gasteiger partial charge in [-0.25, -0.2) is 37.8 Å². The average Bonchev–Trinajstić information content (AvgIpc) is 1.50. The highest BCUT2D eigenvalue weighted by molar-refractivity contribution is 7.14. The van der Waals surface area contributed by atoms with Crippen molar-refractivity contribution >= 4 is 57.5 Å². The molecule has 0 fully saturated rings. The molecule has 0 N–H and O–H groups in total. The Morgan fingerprint density at radius 2 is 0.540 bits per heavy atom. The minimum atomic E-state index is -1.20. The van der Waals surface area contributed by atoms with Crippen molar-refractivity contribution < 1.29 is 27.2 Å². The monoisotopic (exact) mass is 1720 g/mol. The standard InChI is InChI=1S/C114H126F4N4O2S2/c1-11-19-27-35-43-75-51-76(44-36-28-20-12-2)56-83(55-75)113(84-57-77(45-37-29-21-13-3)52-78(58-84)46-38-30-22-14-4)99-67-90-96-64-88(66-98-108(106(74-120)122-10)92-70-102(116)104(118)72-94(92)110(98)124)126-112(96)114(85-59-79(47-39-31-23-15-5)53-80(60-85)48-40-32-24-16-6,86-61-81(49-41-33-25-17-7)54-82(62-86)50-42-34-26-18-8)100(90)68-89(99)95-63-87(125-111(95)113)65-97-107(105(73-119)121-9)91-69-101(115)103(117)71-93(91)109(97)123/h51-72H,11-50H2,1-8H3/b97-65-,98-66-,107-105-,108-106+. The van der Waals surface area contributed by atoms with E-state index in [1.165, 1.54) is 44.5 Å². The SMILES string of the molecule is [C-]#[N+]/C(C#N)=C1\C(=C\c2cc3c(s2)C(c2cc(CCCCCC)cc(CCCCCC)c2)(c2cc(CCCCCC)cc(CCCCCC)c2)c2cc4c(cc2-3)C(c2cc(CCCCCC)cc(CCCCCC)c2)(c2cc(CCCCCC)cc(CCCCCC)c2)c2sc(/C=C3\C(=O)c5cc(F)c(F)cc5\C3=C(\C#N)[N+]#[C-])cc2-4)C(=O)c2cc(F)c(F)cc21. The second kappa shape index (κ2) is 44.1. The number of allylic oxidation sites excluding steroid dienone is 6. The Kier molecular flexibility index (Phi) is 32.7. The number of hydrogen-bond donors (Lipinski definition) is 0. The predicted molar refractivity (Wildman–Crippen MR) is 515 cm³/mol. The molecular weight excluding hydrogens is 1600 g/mol. The fraction of sp³-hybridized carbons (Fsp3) is 0.439. The summed E-state index contributed by atoms with van der Waals surface area (Å²) in [4.78, 5) is 41.7. The molecule has 126 heavy (non-hydrogen) atoms. The van der Waals surface area contributed by atoms with Gasteiger partial charge >= 0.3 is 0 Å². The lowest BCUT2D eigenvalue weighted by Gasteiger charge is -2.36. The van der Waals surface area contributed by atoms with E-state index in [4.69, 9.17) is 13.1 Å². The number of rotatable bonds is 46. The van der Waals surface area contributed by atoms with Crippen LogP contribution in [0.15, 0.2) is 144 Å². The number of thiophene rings is 2. The van der Waals surface area contributed by atoms with Crippen LogP contribution in [0.4, 0.5) is 17.6 Å². The van der Waals surface area contributed by atoms with Crippen LogP contribution < -0.4 is 0 Å². The molecule has 2 heterocycles. The topological polar surface area (TPSA) is 90.4 Å². The first kappa shape index (κ1) is 93.6. The van der Waals surface area contributed by atoms with Gasteiger partial charge in [-0.15, -0.1) is 22.7 Å². The van der Waals surface area contributed by atoms with E-state index in [0.29, 0.717) is 9.75 Å². The fourth-order valence-corrected chi connectivity index (χ4v) is 23.2. The Morgan fingerprint density at radius 3 is 0.754 bits per heavy atom. The first-order valence-corrected chi connectivity index (χ1v) is 49.6. The number of benzene rings is 7. The van der Waals surface area contributed by atoms with E-state index in [0.717, 1.165) is 346 Å². The van der Waals surface area contributed by atoms with Gasteiger partial charge in [-0.3, -0.25) is 9.59 Å². The van der Waals surface area contributed by atoms with Gasteiger partial charge in [0.1, 0.15) is 0 Å². The van der Waals surface area contributed by atoms with Crippen LogP contribution in [0.25, 0.3) is 55.2 Å². The van der Waals surface area contributed by atoms with Gasteiger partial charge in [-0.2, -0.15) is 0 Å². The molecule has 12 heteroatoms. The van der Waals surface area contributed by atoms with Crippen LogP contribution >= 0.6 is 22.7 Å². The normalized spacial score (nSPS) is 15.2. The average molecular weight is 1720 g/mol. The molecule has 9 aromatic rings. The number of nitrogens with zero attached hydrogens (tertiary/aromatic N) is 4. The van der Waals surface area contributed by atoms with Crippen molar-refractivity contribution in [2.75, 3.05) is 0 Å². The summed E-state index contributed by atoms with van der Waals surface area (Å²) in [5, 5.41) is 21.7. The Labute approximate surface area is 757 Å². The third kappa shape index (κ3) is 19.9. The zero-order valence-corrected chi connectivity index (χ0v) is 77.6. The van der Waals surface area contributed by atoms with Gasteiger partial charge in [0.25, 0.3) is 11.4 Å². The summed E-state index contributed by atoms with van der Waals surface area (Å²) < 4.78 is 63.0. The number of halogens is 4. The molecule has 6 nitrogen and oxygen atoms in total. The van der Waals surface area contributed by atoms with Crippen molar-refractivity contribution in [3.05, 3.63) is 310 Å². The smallest absolute Gasteiger partial charge is 0.270 e. The van der Waals surface area contributed by atoms with Gasteiger partial charge in [-0.05, 0) is 275 Å². The minimum absolute atomic E-state index is 0.00542. The largest absolute Gasteiger partial charge is 0.289 e. The van der Waals surface area contributed by atoms with Crippen LogP contribution in [-0.2, 0) is 62.2 Å². The molecular formula is C114H126F4N4O2S2. The fourth-order valence-electron chi connectivity index (χ4n) is 20.5. The van der Waals surface area contributed by atoms with Crippen molar-refractivity contribution in [2.24, 2.45) is 0 Å². The number of aryl methyl sites for hydroxylation is 8. The molecule has 0 saturated carbocycles. The minimum Gasteiger partial charge on any atom is -0.289 e. The van der Waals surface area contributed by atoms with Gasteiger partial charge in [0.15, 0.2) is 34.8 Å².